The number of hydrogen-bond acceptors (Lipinski definition) is 2. The minimum absolute atomic E-state index is 0.0211. The van der Waals surface area contributed by atoms with Gasteiger partial charge in [-0.3, -0.25) is 4.79 Å². The van der Waals surface area contributed by atoms with E-state index in [9.17, 15) is 4.79 Å². The number of anilines is 2. The molecule has 2 N–H and O–H groups in total. The van der Waals surface area contributed by atoms with Gasteiger partial charge in [0.15, 0.2) is 0 Å². The van der Waals surface area contributed by atoms with Gasteiger partial charge >= 0.3 is 0 Å². The predicted molar refractivity (Wildman–Crippen MR) is 85.5 cm³/mol. The summed E-state index contributed by atoms with van der Waals surface area (Å²) in [6.07, 6.45) is 8.10. The number of carbonyl (C=O) groups excluding carboxylic acids is 1. The third-order valence-electron chi connectivity index (χ3n) is 3.79. The maximum Gasteiger partial charge on any atom is 0.224 e. The van der Waals surface area contributed by atoms with E-state index in [1.165, 1.54) is 38.5 Å². The van der Waals surface area contributed by atoms with Crippen LogP contribution in [0.5, 0.6) is 0 Å². The highest BCUT2D eigenvalue weighted by Crippen LogP contribution is 2.29. The van der Waals surface area contributed by atoms with Gasteiger partial charge in [0, 0.05) is 18.2 Å². The summed E-state index contributed by atoms with van der Waals surface area (Å²) >= 11 is 6.25. The highest BCUT2D eigenvalue weighted by molar-refractivity contribution is 6.33. The molecule has 3 nitrogen and oxygen atoms in total. The molecule has 0 bridgehead atoms. The second-order valence-corrected chi connectivity index (χ2v) is 5.84. The molecule has 0 saturated heterocycles. The molecule has 1 aromatic carbocycles. The van der Waals surface area contributed by atoms with Gasteiger partial charge in [0.25, 0.3) is 0 Å². The van der Waals surface area contributed by atoms with Crippen molar-refractivity contribution in [2.75, 3.05) is 10.6 Å². The molecule has 0 unspecified atom stereocenters. The van der Waals surface area contributed by atoms with Crippen LogP contribution in [0.15, 0.2) is 18.2 Å². The lowest BCUT2D eigenvalue weighted by Gasteiger charge is -2.19. The number of halogens is 1. The van der Waals surface area contributed by atoms with Gasteiger partial charge in [0.1, 0.15) is 0 Å². The molecule has 2 rings (SSSR count). The van der Waals surface area contributed by atoms with E-state index in [0.717, 1.165) is 11.4 Å². The molecule has 20 heavy (non-hydrogen) atoms. The maximum atomic E-state index is 11.4. The van der Waals surface area contributed by atoms with Crippen LogP contribution in [0.3, 0.4) is 0 Å². The summed E-state index contributed by atoms with van der Waals surface area (Å²) in [4.78, 5) is 11.4. The van der Waals surface area contributed by atoms with Crippen LogP contribution in [0.1, 0.15) is 51.9 Å². The Bertz CT molecular complexity index is 454. The molecule has 1 fully saturated rings. The van der Waals surface area contributed by atoms with Crippen LogP contribution in [-0.4, -0.2) is 11.9 Å². The van der Waals surface area contributed by atoms with Crippen LogP contribution in [0, 0.1) is 0 Å². The fraction of sp³-hybridized carbons (Fsp3) is 0.562. The fourth-order valence-corrected chi connectivity index (χ4v) is 2.78. The van der Waals surface area contributed by atoms with Crippen LogP contribution < -0.4 is 10.6 Å². The number of benzene rings is 1. The van der Waals surface area contributed by atoms with Crippen LogP contribution >= 0.6 is 11.6 Å². The van der Waals surface area contributed by atoms with E-state index in [2.05, 4.69) is 10.6 Å². The molecular weight excluding hydrogens is 272 g/mol. The molecular formula is C16H23ClN2O. The van der Waals surface area contributed by atoms with Crippen molar-refractivity contribution in [2.45, 2.75) is 57.9 Å². The predicted octanol–water partition coefficient (Wildman–Crippen LogP) is 4.82. The molecule has 110 valence electrons. The lowest BCUT2D eigenvalue weighted by atomic mass is 10.1. The van der Waals surface area contributed by atoms with Crippen molar-refractivity contribution in [3.63, 3.8) is 0 Å². The molecule has 0 aromatic heterocycles. The van der Waals surface area contributed by atoms with E-state index in [1.54, 1.807) is 0 Å². The summed E-state index contributed by atoms with van der Waals surface area (Å²) < 4.78 is 0. The topological polar surface area (TPSA) is 41.1 Å². The molecule has 0 aliphatic heterocycles. The Morgan fingerprint density at radius 1 is 1.25 bits per heavy atom. The second kappa shape index (κ2) is 7.53. The average Bonchev–Trinajstić information content (AvgIpc) is 2.71. The highest BCUT2D eigenvalue weighted by atomic mass is 35.5. The minimum Gasteiger partial charge on any atom is -0.381 e. The summed E-state index contributed by atoms with van der Waals surface area (Å²) in [5.41, 5.74) is 1.73. The number of nitrogens with one attached hydrogen (secondary N) is 2. The Hall–Kier alpha value is -1.22. The van der Waals surface area contributed by atoms with Gasteiger partial charge in [-0.1, -0.05) is 44.2 Å². The third-order valence-corrected chi connectivity index (χ3v) is 4.12. The zero-order chi connectivity index (χ0) is 14.4. The fourth-order valence-electron chi connectivity index (χ4n) is 2.61. The summed E-state index contributed by atoms with van der Waals surface area (Å²) in [6.45, 7) is 1.84. The molecule has 1 aliphatic carbocycles. The first-order chi connectivity index (χ1) is 9.69. The minimum atomic E-state index is 0.0211. The largest absolute Gasteiger partial charge is 0.381 e. The van der Waals surface area contributed by atoms with Crippen molar-refractivity contribution < 1.29 is 4.79 Å². The quantitative estimate of drug-likeness (QED) is 0.781. The lowest BCUT2D eigenvalue weighted by molar-refractivity contribution is -0.115. The number of hydrogen-bond donors (Lipinski definition) is 2. The van der Waals surface area contributed by atoms with Crippen LogP contribution in [0.25, 0.3) is 0 Å². The van der Waals surface area contributed by atoms with Crippen LogP contribution in [-0.2, 0) is 4.79 Å². The summed E-state index contributed by atoms with van der Waals surface area (Å²) in [6, 6.07) is 6.10. The standard InChI is InChI=1S/C16H23ClN2O/c1-2-16(20)19-13-9-10-14(17)15(11-13)18-12-7-5-3-4-6-8-12/h9-12,18H,2-8H2,1H3,(H,19,20). The molecule has 1 aromatic rings. The zero-order valence-corrected chi connectivity index (χ0v) is 12.8. The Morgan fingerprint density at radius 2 is 1.95 bits per heavy atom. The van der Waals surface area contributed by atoms with Gasteiger partial charge in [-0.05, 0) is 31.0 Å². The van der Waals surface area contributed by atoms with Crippen molar-refractivity contribution >= 4 is 28.9 Å². The van der Waals surface area contributed by atoms with Gasteiger partial charge in [0.2, 0.25) is 5.91 Å². The molecule has 1 amide bonds. The second-order valence-electron chi connectivity index (χ2n) is 5.43. The lowest BCUT2D eigenvalue weighted by Crippen LogP contribution is -2.18. The van der Waals surface area contributed by atoms with Crippen molar-refractivity contribution in [3.8, 4) is 0 Å². The first-order valence-corrected chi connectivity index (χ1v) is 7.92. The van der Waals surface area contributed by atoms with Crippen molar-refractivity contribution in [1.29, 1.82) is 0 Å². The van der Waals surface area contributed by atoms with E-state index >= 15 is 0 Å². The maximum absolute atomic E-state index is 11.4. The molecule has 0 spiro atoms. The average molecular weight is 295 g/mol. The SMILES string of the molecule is CCC(=O)Nc1ccc(Cl)c(NC2CCCCCC2)c1. The van der Waals surface area contributed by atoms with Crippen molar-refractivity contribution in [1.82, 2.24) is 0 Å². The van der Waals surface area contributed by atoms with Crippen molar-refractivity contribution in [2.24, 2.45) is 0 Å². The Morgan fingerprint density at radius 3 is 2.60 bits per heavy atom. The molecule has 0 heterocycles. The molecule has 4 heteroatoms. The van der Waals surface area contributed by atoms with E-state index in [4.69, 9.17) is 11.6 Å². The first-order valence-electron chi connectivity index (χ1n) is 7.55. The smallest absolute Gasteiger partial charge is 0.224 e. The Balaban J connectivity index is 2.05. The van der Waals surface area contributed by atoms with E-state index < -0.39 is 0 Å². The van der Waals surface area contributed by atoms with E-state index in [1.807, 2.05) is 25.1 Å². The number of carbonyl (C=O) groups is 1. The molecule has 0 radical (unpaired) electrons. The first kappa shape index (κ1) is 15.2. The normalized spacial score (nSPS) is 16.5. The summed E-state index contributed by atoms with van der Waals surface area (Å²) in [5.74, 6) is 0.0211. The van der Waals surface area contributed by atoms with E-state index in [0.29, 0.717) is 17.5 Å². The zero-order valence-electron chi connectivity index (χ0n) is 12.0. The number of rotatable bonds is 4. The van der Waals surface area contributed by atoms with Gasteiger partial charge in [0.05, 0.1) is 10.7 Å². The highest BCUT2D eigenvalue weighted by Gasteiger charge is 2.13. The number of amides is 1. The van der Waals surface area contributed by atoms with Gasteiger partial charge in [-0.15, -0.1) is 0 Å². The monoisotopic (exact) mass is 294 g/mol. The van der Waals surface area contributed by atoms with Gasteiger partial charge in [-0.2, -0.15) is 0 Å². The van der Waals surface area contributed by atoms with E-state index in [-0.39, 0.29) is 5.91 Å². The molecule has 0 atom stereocenters. The van der Waals surface area contributed by atoms with Crippen molar-refractivity contribution in [3.05, 3.63) is 23.2 Å². The Labute approximate surface area is 126 Å². The third kappa shape index (κ3) is 4.41. The Kier molecular flexibility index (Phi) is 5.72. The molecule has 1 saturated carbocycles. The van der Waals surface area contributed by atoms with Crippen LogP contribution in [0.4, 0.5) is 11.4 Å². The van der Waals surface area contributed by atoms with Crippen LogP contribution in [0.2, 0.25) is 5.02 Å². The van der Waals surface area contributed by atoms with Gasteiger partial charge in [-0.25, -0.2) is 0 Å². The summed E-state index contributed by atoms with van der Waals surface area (Å²) in [5, 5.41) is 7.12. The van der Waals surface area contributed by atoms with Gasteiger partial charge < -0.3 is 10.6 Å². The summed E-state index contributed by atoms with van der Waals surface area (Å²) in [7, 11) is 0. The molecule has 1 aliphatic rings.